The number of carbonyl (C=O) groups is 2. The molecule has 4 aliphatic rings. The maximum Gasteiger partial charge on any atom is 0.339 e. The zero-order chi connectivity index (χ0) is 27.5. The van der Waals surface area contributed by atoms with E-state index in [1.165, 1.54) is 12.5 Å². The number of fused-ring (bicyclic) bond motifs is 5. The number of esters is 2. The van der Waals surface area contributed by atoms with Gasteiger partial charge in [-0.1, -0.05) is 62.3 Å². The van der Waals surface area contributed by atoms with Crippen LogP contribution in [0, 0.1) is 22.7 Å². The van der Waals surface area contributed by atoms with Crippen LogP contribution < -0.4 is 5.32 Å². The number of nitrogens with one attached hydrogen (secondary N) is 1. The van der Waals surface area contributed by atoms with Crippen LogP contribution in [0.15, 0.2) is 53.6 Å². The number of hydrogen-bond donors (Lipinski definition) is 3. The van der Waals surface area contributed by atoms with Gasteiger partial charge in [-0.3, -0.25) is 4.79 Å². The lowest BCUT2D eigenvalue weighted by molar-refractivity contribution is -0.396. The largest absolute Gasteiger partial charge is 0.446 e. The molecule has 8 nitrogen and oxygen atoms in total. The fourth-order valence-corrected chi connectivity index (χ4v) is 7.27. The van der Waals surface area contributed by atoms with E-state index in [1.54, 1.807) is 24.3 Å². The number of rotatable bonds is 5. The highest BCUT2D eigenvalue weighted by Crippen LogP contribution is 2.63. The molecule has 1 heterocycles. The Hall–Kier alpha value is -2.52. The van der Waals surface area contributed by atoms with Crippen LogP contribution in [-0.4, -0.2) is 52.6 Å². The third kappa shape index (κ3) is 4.13. The molecule has 7 unspecified atom stereocenters. The average Bonchev–Trinajstić information content (AvgIpc) is 2.85. The van der Waals surface area contributed by atoms with Crippen LogP contribution >= 0.6 is 0 Å². The summed E-state index contributed by atoms with van der Waals surface area (Å²) in [4.78, 5) is 24.8. The van der Waals surface area contributed by atoms with Gasteiger partial charge >= 0.3 is 11.9 Å². The van der Waals surface area contributed by atoms with Gasteiger partial charge in [0.1, 0.15) is 6.73 Å². The molecule has 0 spiro atoms. The highest BCUT2D eigenvalue weighted by molar-refractivity contribution is 5.89. The Labute approximate surface area is 224 Å². The van der Waals surface area contributed by atoms with Crippen molar-refractivity contribution in [3.63, 3.8) is 0 Å². The van der Waals surface area contributed by atoms with Crippen molar-refractivity contribution in [3.05, 3.63) is 59.2 Å². The van der Waals surface area contributed by atoms with Crippen LogP contribution in [0.25, 0.3) is 0 Å². The first kappa shape index (κ1) is 27.1. The van der Waals surface area contributed by atoms with Crippen molar-refractivity contribution in [3.8, 4) is 0 Å². The lowest BCUT2D eigenvalue weighted by atomic mass is 9.49. The van der Waals surface area contributed by atoms with E-state index >= 15 is 0 Å². The number of hydrogen-bond acceptors (Lipinski definition) is 8. The van der Waals surface area contributed by atoms with E-state index in [0.717, 1.165) is 12.0 Å². The molecule has 1 aromatic carbocycles. The Morgan fingerprint density at radius 3 is 2.58 bits per heavy atom. The lowest BCUT2D eigenvalue weighted by Crippen LogP contribution is -2.75. The molecule has 0 amide bonds. The molecule has 3 N–H and O–H groups in total. The zero-order valence-corrected chi connectivity index (χ0v) is 22.8. The van der Waals surface area contributed by atoms with Crippen molar-refractivity contribution in [2.45, 2.75) is 84.0 Å². The second kappa shape index (κ2) is 9.30. The van der Waals surface area contributed by atoms with Gasteiger partial charge in [0, 0.05) is 17.8 Å². The number of ether oxygens (including phenoxy) is 3. The van der Waals surface area contributed by atoms with Crippen molar-refractivity contribution >= 4 is 11.9 Å². The van der Waals surface area contributed by atoms with Crippen LogP contribution in [0.5, 0.6) is 0 Å². The van der Waals surface area contributed by atoms with Crippen LogP contribution in [-0.2, 0) is 19.0 Å². The fraction of sp³-hybridized carbons (Fsp3) is 0.600. The molecule has 0 aromatic heterocycles. The van der Waals surface area contributed by atoms with Crippen molar-refractivity contribution in [1.82, 2.24) is 5.32 Å². The summed E-state index contributed by atoms with van der Waals surface area (Å²) in [6.45, 7) is 9.29. The Bertz CT molecular complexity index is 1180. The summed E-state index contributed by atoms with van der Waals surface area (Å²) >= 11 is 0. The molecule has 1 saturated carbocycles. The van der Waals surface area contributed by atoms with E-state index in [2.05, 4.69) is 26.1 Å². The number of aliphatic hydroxyl groups is 2. The predicted molar refractivity (Wildman–Crippen MR) is 139 cm³/mol. The molecule has 2 fully saturated rings. The molecule has 3 aliphatic carbocycles. The summed E-state index contributed by atoms with van der Waals surface area (Å²) in [7, 11) is 0. The van der Waals surface area contributed by atoms with E-state index in [0.29, 0.717) is 24.8 Å². The van der Waals surface area contributed by atoms with Gasteiger partial charge in [0.05, 0.1) is 29.3 Å². The molecule has 8 heteroatoms. The Morgan fingerprint density at radius 2 is 1.89 bits per heavy atom. The molecule has 1 aromatic rings. The third-order valence-corrected chi connectivity index (χ3v) is 9.83. The first-order valence-corrected chi connectivity index (χ1v) is 13.5. The SMILES string of the molecule is CC(=O)OC1(NCOC(=O)c2ccccc2)OC2C=CC3(C)C(O)CC4=C(C)CCC(O)(CC3C21)C4(C)C. The van der Waals surface area contributed by atoms with Gasteiger partial charge in [-0.2, -0.15) is 0 Å². The van der Waals surface area contributed by atoms with E-state index in [4.69, 9.17) is 14.2 Å². The van der Waals surface area contributed by atoms with Gasteiger partial charge in [-0.15, -0.1) is 0 Å². The summed E-state index contributed by atoms with van der Waals surface area (Å²) in [6.07, 6.45) is 5.07. The van der Waals surface area contributed by atoms with Gasteiger partial charge in [-0.05, 0) is 50.7 Å². The Balaban J connectivity index is 1.47. The van der Waals surface area contributed by atoms with E-state index in [1.807, 2.05) is 25.1 Å². The number of allylic oxidation sites excluding steroid dienone is 1. The quantitative estimate of drug-likeness (QED) is 0.302. The van der Waals surface area contributed by atoms with Gasteiger partial charge in [0.15, 0.2) is 0 Å². The highest BCUT2D eigenvalue weighted by atomic mass is 16.8. The molecule has 5 rings (SSSR count). The molecule has 0 radical (unpaired) electrons. The number of benzene rings is 1. The van der Waals surface area contributed by atoms with Gasteiger partial charge < -0.3 is 24.4 Å². The second-order valence-electron chi connectivity index (χ2n) is 12.2. The topological polar surface area (TPSA) is 114 Å². The molecule has 38 heavy (non-hydrogen) atoms. The molecule has 1 aliphatic heterocycles. The molecule has 206 valence electrons. The average molecular weight is 526 g/mol. The minimum Gasteiger partial charge on any atom is -0.446 e. The normalized spacial score (nSPS) is 39.1. The Kier molecular flexibility index (Phi) is 6.62. The standard InChI is InChI=1S/C30H39NO7/c1-18-11-14-29(35)16-22-25-23(12-13-28(22,5)24(33)15-21(18)27(29,3)4)38-30(25,37-19(2)32)31-17-36-26(34)20-9-7-6-8-10-20/h6-10,12-13,22-25,31,33,35H,11,14-17H2,1-5H3. The molecular weight excluding hydrogens is 486 g/mol. The maximum absolute atomic E-state index is 12.5. The van der Waals surface area contributed by atoms with Crippen LogP contribution in [0.1, 0.15) is 70.7 Å². The summed E-state index contributed by atoms with van der Waals surface area (Å²) in [5.41, 5.74) is 0.521. The van der Waals surface area contributed by atoms with Crippen LogP contribution in [0.3, 0.4) is 0 Å². The second-order valence-corrected chi connectivity index (χ2v) is 12.2. The third-order valence-electron chi connectivity index (χ3n) is 9.83. The summed E-state index contributed by atoms with van der Waals surface area (Å²) in [6, 6.07) is 8.62. The minimum atomic E-state index is -1.56. The molecule has 7 atom stereocenters. The molecular formula is C30H39NO7. The number of carbonyl (C=O) groups excluding carboxylic acids is 2. The zero-order valence-electron chi connectivity index (χ0n) is 22.8. The van der Waals surface area contributed by atoms with E-state index in [-0.39, 0.29) is 18.8 Å². The van der Waals surface area contributed by atoms with Crippen molar-refractivity contribution in [2.75, 3.05) is 6.73 Å². The summed E-state index contributed by atoms with van der Waals surface area (Å²) in [5.74, 6) is -3.34. The molecule has 1 saturated heterocycles. The maximum atomic E-state index is 12.5. The monoisotopic (exact) mass is 525 g/mol. The molecule has 2 bridgehead atoms. The predicted octanol–water partition coefficient (Wildman–Crippen LogP) is 3.84. The lowest BCUT2D eigenvalue weighted by Gasteiger charge is -2.64. The van der Waals surface area contributed by atoms with Gasteiger partial charge in [0.2, 0.25) is 0 Å². The van der Waals surface area contributed by atoms with E-state index < -0.39 is 46.3 Å². The van der Waals surface area contributed by atoms with Crippen molar-refractivity contribution in [1.29, 1.82) is 0 Å². The summed E-state index contributed by atoms with van der Waals surface area (Å²) < 4.78 is 17.3. The Morgan fingerprint density at radius 1 is 1.18 bits per heavy atom. The van der Waals surface area contributed by atoms with Gasteiger partial charge in [0.25, 0.3) is 5.91 Å². The minimum absolute atomic E-state index is 0.248. The highest BCUT2D eigenvalue weighted by Gasteiger charge is 2.68. The van der Waals surface area contributed by atoms with Crippen LogP contribution in [0.2, 0.25) is 0 Å². The van der Waals surface area contributed by atoms with E-state index in [9.17, 15) is 19.8 Å². The first-order valence-electron chi connectivity index (χ1n) is 13.5. The number of aliphatic hydroxyl groups excluding tert-OH is 1. The smallest absolute Gasteiger partial charge is 0.339 e. The van der Waals surface area contributed by atoms with Crippen molar-refractivity contribution < 1.29 is 34.0 Å². The van der Waals surface area contributed by atoms with Gasteiger partial charge in [-0.25, -0.2) is 10.1 Å². The van der Waals surface area contributed by atoms with Crippen LogP contribution in [0.4, 0.5) is 0 Å². The fourth-order valence-electron chi connectivity index (χ4n) is 7.27. The first-order chi connectivity index (χ1) is 17.8. The summed E-state index contributed by atoms with van der Waals surface area (Å²) in [5, 5.41) is 26.9. The van der Waals surface area contributed by atoms with Crippen molar-refractivity contribution in [2.24, 2.45) is 22.7 Å².